The predicted molar refractivity (Wildman–Crippen MR) is 45.3 cm³/mol. The molecule has 6 heteroatoms. The lowest BCUT2D eigenvalue weighted by Gasteiger charge is -2.12. The summed E-state index contributed by atoms with van der Waals surface area (Å²) in [4.78, 5) is 0. The topological polar surface area (TPSA) is 46.2 Å². The van der Waals surface area contributed by atoms with Crippen LogP contribution in [-0.4, -0.2) is 11.7 Å². The van der Waals surface area contributed by atoms with Gasteiger partial charge in [-0.05, 0) is 0 Å². The van der Waals surface area contributed by atoms with Crippen molar-refractivity contribution in [2.24, 2.45) is 5.73 Å². The number of benzene rings is 1. The molecule has 0 saturated heterocycles. The standard InChI is InChI=1S/C8H7ClF3NO/c9-7-4(11)1-3(10)6(8(7)12)5(13)2-14/h1,5,14H,2,13H2. The zero-order valence-corrected chi connectivity index (χ0v) is 7.65. The highest BCUT2D eigenvalue weighted by Gasteiger charge is 2.21. The molecule has 2 nitrogen and oxygen atoms in total. The summed E-state index contributed by atoms with van der Waals surface area (Å²) in [5.41, 5.74) is 4.59. The van der Waals surface area contributed by atoms with E-state index in [-0.39, 0.29) is 0 Å². The van der Waals surface area contributed by atoms with Gasteiger partial charge in [0.2, 0.25) is 0 Å². The van der Waals surface area contributed by atoms with Gasteiger partial charge < -0.3 is 10.8 Å². The minimum Gasteiger partial charge on any atom is -0.394 e. The summed E-state index contributed by atoms with van der Waals surface area (Å²) in [5.74, 6) is -3.63. The van der Waals surface area contributed by atoms with E-state index < -0.39 is 40.7 Å². The molecule has 1 unspecified atom stereocenters. The molecule has 1 aromatic carbocycles. The van der Waals surface area contributed by atoms with Crippen LogP contribution in [0.4, 0.5) is 13.2 Å². The maximum Gasteiger partial charge on any atom is 0.152 e. The highest BCUT2D eigenvalue weighted by Crippen LogP contribution is 2.27. The molecule has 0 aliphatic heterocycles. The van der Waals surface area contributed by atoms with E-state index in [0.717, 1.165) is 0 Å². The molecule has 78 valence electrons. The van der Waals surface area contributed by atoms with Gasteiger partial charge in [-0.3, -0.25) is 0 Å². The first-order valence-electron chi connectivity index (χ1n) is 3.68. The van der Waals surface area contributed by atoms with E-state index in [1.54, 1.807) is 0 Å². The molecule has 0 aliphatic rings. The van der Waals surface area contributed by atoms with E-state index in [1.807, 2.05) is 0 Å². The van der Waals surface area contributed by atoms with Crippen molar-refractivity contribution in [3.8, 4) is 0 Å². The fourth-order valence-electron chi connectivity index (χ4n) is 1.01. The van der Waals surface area contributed by atoms with Crippen molar-refractivity contribution in [2.45, 2.75) is 6.04 Å². The summed E-state index contributed by atoms with van der Waals surface area (Å²) in [7, 11) is 0. The Morgan fingerprint density at radius 1 is 1.36 bits per heavy atom. The Hall–Kier alpha value is -0.780. The van der Waals surface area contributed by atoms with Crippen LogP contribution < -0.4 is 5.73 Å². The third kappa shape index (κ3) is 1.84. The number of nitrogens with two attached hydrogens (primary N) is 1. The molecular formula is C8H7ClF3NO. The zero-order chi connectivity index (χ0) is 10.9. The minimum atomic E-state index is -1.27. The molecule has 0 bridgehead atoms. The molecule has 0 saturated carbocycles. The van der Waals surface area contributed by atoms with Gasteiger partial charge in [0.05, 0.1) is 12.6 Å². The minimum absolute atomic E-state index is 0.427. The van der Waals surface area contributed by atoms with Crippen LogP contribution in [0.25, 0.3) is 0 Å². The van der Waals surface area contributed by atoms with Crippen molar-refractivity contribution in [1.29, 1.82) is 0 Å². The Morgan fingerprint density at radius 2 is 1.93 bits per heavy atom. The van der Waals surface area contributed by atoms with Gasteiger partial charge >= 0.3 is 0 Å². The van der Waals surface area contributed by atoms with Crippen LogP contribution in [0.1, 0.15) is 11.6 Å². The highest BCUT2D eigenvalue weighted by molar-refractivity contribution is 6.30. The molecule has 0 fully saturated rings. The van der Waals surface area contributed by atoms with E-state index >= 15 is 0 Å². The molecule has 0 heterocycles. The third-order valence-corrected chi connectivity index (χ3v) is 2.06. The second-order valence-corrected chi connectivity index (χ2v) is 3.05. The van der Waals surface area contributed by atoms with E-state index in [0.29, 0.717) is 6.07 Å². The highest BCUT2D eigenvalue weighted by atomic mass is 35.5. The van der Waals surface area contributed by atoms with E-state index in [1.165, 1.54) is 0 Å². The van der Waals surface area contributed by atoms with Crippen LogP contribution in [-0.2, 0) is 0 Å². The van der Waals surface area contributed by atoms with Gasteiger partial charge in [-0.25, -0.2) is 13.2 Å². The summed E-state index contributed by atoms with van der Waals surface area (Å²) in [6, 6.07) is -0.830. The van der Waals surface area contributed by atoms with Crippen molar-refractivity contribution in [2.75, 3.05) is 6.61 Å². The molecule has 0 aliphatic carbocycles. The van der Waals surface area contributed by atoms with Gasteiger partial charge in [-0.2, -0.15) is 0 Å². The van der Waals surface area contributed by atoms with Crippen molar-refractivity contribution < 1.29 is 18.3 Å². The normalized spacial score (nSPS) is 13.0. The third-order valence-electron chi connectivity index (χ3n) is 1.72. The average molecular weight is 226 g/mol. The first-order valence-corrected chi connectivity index (χ1v) is 4.06. The van der Waals surface area contributed by atoms with Gasteiger partial charge in [-0.1, -0.05) is 11.6 Å². The van der Waals surface area contributed by atoms with Gasteiger partial charge in [0.25, 0.3) is 0 Å². The van der Waals surface area contributed by atoms with Crippen molar-refractivity contribution in [1.82, 2.24) is 0 Å². The quantitative estimate of drug-likeness (QED) is 0.595. The number of aliphatic hydroxyl groups excluding tert-OH is 1. The Bertz CT molecular complexity index is 359. The molecule has 1 aromatic rings. The van der Waals surface area contributed by atoms with Crippen LogP contribution in [0.5, 0.6) is 0 Å². The maximum atomic E-state index is 13.2. The Balaban J connectivity index is 3.36. The number of hydrogen-bond acceptors (Lipinski definition) is 2. The lowest BCUT2D eigenvalue weighted by atomic mass is 10.1. The van der Waals surface area contributed by atoms with Crippen molar-refractivity contribution >= 4 is 11.6 Å². The van der Waals surface area contributed by atoms with Gasteiger partial charge in [0, 0.05) is 11.6 Å². The van der Waals surface area contributed by atoms with E-state index in [4.69, 9.17) is 22.4 Å². The number of halogens is 4. The molecule has 1 rings (SSSR count). The molecule has 1 atom stereocenters. The molecule has 3 N–H and O–H groups in total. The van der Waals surface area contributed by atoms with E-state index in [9.17, 15) is 13.2 Å². The monoisotopic (exact) mass is 225 g/mol. The van der Waals surface area contributed by atoms with E-state index in [2.05, 4.69) is 0 Å². The molecule has 0 amide bonds. The fourth-order valence-corrected chi connectivity index (χ4v) is 1.17. The lowest BCUT2D eigenvalue weighted by molar-refractivity contribution is 0.262. The lowest BCUT2D eigenvalue weighted by Crippen LogP contribution is -2.18. The summed E-state index contributed by atoms with van der Waals surface area (Å²) in [5, 5.41) is 7.77. The molecular weight excluding hydrogens is 219 g/mol. The predicted octanol–water partition coefficient (Wildman–Crippen LogP) is 1.75. The Morgan fingerprint density at radius 3 is 2.43 bits per heavy atom. The number of rotatable bonds is 2. The summed E-state index contributed by atoms with van der Waals surface area (Å²) < 4.78 is 38.8. The molecule has 0 radical (unpaired) electrons. The van der Waals surface area contributed by atoms with Crippen LogP contribution in [0.2, 0.25) is 5.02 Å². The average Bonchev–Trinajstić information content (AvgIpc) is 2.14. The first kappa shape index (κ1) is 11.3. The summed E-state index contributed by atoms with van der Waals surface area (Å²) in [6.45, 7) is -0.657. The van der Waals surface area contributed by atoms with Gasteiger partial charge in [0.15, 0.2) is 5.82 Å². The second kappa shape index (κ2) is 4.16. The van der Waals surface area contributed by atoms with Crippen LogP contribution in [0, 0.1) is 17.5 Å². The van der Waals surface area contributed by atoms with Crippen molar-refractivity contribution in [3.05, 3.63) is 34.1 Å². The molecule has 14 heavy (non-hydrogen) atoms. The first-order chi connectivity index (χ1) is 6.49. The smallest absolute Gasteiger partial charge is 0.152 e. The van der Waals surface area contributed by atoms with Crippen molar-refractivity contribution in [3.63, 3.8) is 0 Å². The molecule has 0 spiro atoms. The van der Waals surface area contributed by atoms with Gasteiger partial charge in [-0.15, -0.1) is 0 Å². The summed E-state index contributed by atoms with van der Waals surface area (Å²) in [6.07, 6.45) is 0. The Labute approximate surface area is 83.1 Å². The number of aliphatic hydroxyl groups is 1. The SMILES string of the molecule is NC(CO)c1c(F)cc(F)c(Cl)c1F. The maximum absolute atomic E-state index is 13.2. The molecule has 0 aromatic heterocycles. The second-order valence-electron chi connectivity index (χ2n) is 2.67. The van der Waals surface area contributed by atoms with Gasteiger partial charge in [0.1, 0.15) is 16.7 Å². The largest absolute Gasteiger partial charge is 0.394 e. The Kier molecular flexibility index (Phi) is 3.36. The summed E-state index contributed by atoms with van der Waals surface area (Å²) >= 11 is 5.20. The number of hydrogen-bond donors (Lipinski definition) is 2. The zero-order valence-electron chi connectivity index (χ0n) is 6.90. The fraction of sp³-hybridized carbons (Fsp3) is 0.250. The van der Waals surface area contributed by atoms with Crippen LogP contribution in [0.15, 0.2) is 6.07 Å². The van der Waals surface area contributed by atoms with Crippen LogP contribution in [0.3, 0.4) is 0 Å². The van der Waals surface area contributed by atoms with Crippen LogP contribution >= 0.6 is 11.6 Å².